The topological polar surface area (TPSA) is 29.3 Å². The highest BCUT2D eigenvalue weighted by atomic mass is 79.9. The Bertz CT molecular complexity index is 367. The Morgan fingerprint density at radius 1 is 1.59 bits per heavy atom. The summed E-state index contributed by atoms with van der Waals surface area (Å²) in [6, 6.07) is 3.37. The number of nitrogens with two attached hydrogens (primary N) is 1. The molecule has 2 heterocycles. The molecule has 0 bridgehead atoms. The monoisotopic (exact) mass is 334 g/mol. The largest absolute Gasteiger partial charge is 0.326 e. The summed E-state index contributed by atoms with van der Waals surface area (Å²) in [4.78, 5) is 3.95. The molecule has 1 aromatic heterocycles. The molecule has 5 heteroatoms. The fourth-order valence-electron chi connectivity index (χ4n) is 2.36. The zero-order valence-electron chi connectivity index (χ0n) is 10.2. The van der Waals surface area contributed by atoms with Crippen LogP contribution in [0.2, 0.25) is 0 Å². The van der Waals surface area contributed by atoms with Gasteiger partial charge in [-0.15, -0.1) is 11.3 Å². The molecule has 0 spiro atoms. The van der Waals surface area contributed by atoms with Gasteiger partial charge >= 0.3 is 0 Å². The summed E-state index contributed by atoms with van der Waals surface area (Å²) in [7, 11) is 0. The Morgan fingerprint density at radius 2 is 2.35 bits per heavy atom. The number of halogens is 1. The lowest BCUT2D eigenvalue weighted by Gasteiger charge is -2.40. The van der Waals surface area contributed by atoms with E-state index in [2.05, 4.69) is 46.1 Å². The van der Waals surface area contributed by atoms with E-state index in [9.17, 15) is 0 Å². The van der Waals surface area contributed by atoms with Crippen molar-refractivity contribution in [1.82, 2.24) is 4.90 Å². The van der Waals surface area contributed by atoms with Gasteiger partial charge in [0.15, 0.2) is 0 Å². The van der Waals surface area contributed by atoms with Gasteiger partial charge in [-0.3, -0.25) is 4.90 Å². The number of rotatable bonds is 3. The molecule has 3 atom stereocenters. The van der Waals surface area contributed by atoms with E-state index in [-0.39, 0.29) is 6.04 Å². The molecule has 2 rings (SSSR count). The van der Waals surface area contributed by atoms with E-state index in [1.54, 1.807) is 11.3 Å². The van der Waals surface area contributed by atoms with E-state index in [0.29, 0.717) is 12.1 Å². The number of thioether (sulfide) groups is 1. The standard InChI is InChI=1S/C12H19BrN2S2/c1-8-6-16-4-3-15(8)12(9(2)14)11-5-10(13)7-17-11/h5,7-9,12H,3-4,6,14H2,1-2H3. The van der Waals surface area contributed by atoms with Crippen molar-refractivity contribution in [3.63, 3.8) is 0 Å². The van der Waals surface area contributed by atoms with Crippen LogP contribution in [0.5, 0.6) is 0 Å². The van der Waals surface area contributed by atoms with Crippen LogP contribution in [0, 0.1) is 0 Å². The Hall–Kier alpha value is 0.450. The molecule has 0 amide bonds. The normalized spacial score (nSPS) is 25.8. The molecule has 1 fully saturated rings. The molecule has 96 valence electrons. The Kier molecular flexibility index (Phi) is 4.95. The highest BCUT2D eigenvalue weighted by Crippen LogP contribution is 2.34. The van der Waals surface area contributed by atoms with E-state index < -0.39 is 0 Å². The smallest absolute Gasteiger partial charge is 0.0594 e. The molecule has 1 saturated heterocycles. The summed E-state index contributed by atoms with van der Waals surface area (Å²) in [6.07, 6.45) is 0. The summed E-state index contributed by atoms with van der Waals surface area (Å²) < 4.78 is 1.17. The second-order valence-corrected chi connectivity index (χ2v) is 7.64. The molecule has 0 aromatic carbocycles. The van der Waals surface area contributed by atoms with Crippen molar-refractivity contribution in [2.24, 2.45) is 5.73 Å². The Balaban J connectivity index is 2.22. The lowest BCUT2D eigenvalue weighted by Crippen LogP contribution is -2.48. The summed E-state index contributed by atoms with van der Waals surface area (Å²) in [5.41, 5.74) is 6.21. The summed E-state index contributed by atoms with van der Waals surface area (Å²) in [6.45, 7) is 5.57. The van der Waals surface area contributed by atoms with E-state index in [4.69, 9.17) is 5.73 Å². The third-order valence-electron chi connectivity index (χ3n) is 3.15. The minimum atomic E-state index is 0.172. The summed E-state index contributed by atoms with van der Waals surface area (Å²) in [5.74, 6) is 2.44. The third kappa shape index (κ3) is 3.26. The quantitative estimate of drug-likeness (QED) is 0.919. The van der Waals surface area contributed by atoms with Gasteiger partial charge in [-0.2, -0.15) is 11.8 Å². The maximum Gasteiger partial charge on any atom is 0.0594 e. The average Bonchev–Trinajstić information content (AvgIpc) is 2.68. The molecule has 1 aliphatic heterocycles. The van der Waals surface area contributed by atoms with E-state index in [1.807, 2.05) is 11.8 Å². The van der Waals surface area contributed by atoms with Crippen molar-refractivity contribution in [3.8, 4) is 0 Å². The van der Waals surface area contributed by atoms with Crippen LogP contribution in [-0.2, 0) is 0 Å². The number of thiophene rings is 1. The number of nitrogens with zero attached hydrogens (tertiary/aromatic N) is 1. The van der Waals surface area contributed by atoms with Crippen molar-refractivity contribution in [3.05, 3.63) is 20.8 Å². The van der Waals surface area contributed by atoms with Gasteiger partial charge < -0.3 is 5.73 Å². The van der Waals surface area contributed by atoms with Crippen LogP contribution in [0.4, 0.5) is 0 Å². The summed E-state index contributed by atoms with van der Waals surface area (Å²) >= 11 is 7.39. The first-order valence-corrected chi connectivity index (χ1v) is 8.75. The van der Waals surface area contributed by atoms with Gasteiger partial charge in [-0.05, 0) is 35.8 Å². The van der Waals surface area contributed by atoms with Crippen molar-refractivity contribution in [2.75, 3.05) is 18.1 Å². The van der Waals surface area contributed by atoms with Crippen LogP contribution in [0.3, 0.4) is 0 Å². The minimum absolute atomic E-state index is 0.172. The SMILES string of the molecule is CC(N)C(c1cc(Br)cs1)N1CCSCC1C. The highest BCUT2D eigenvalue weighted by Gasteiger charge is 2.30. The fraction of sp³-hybridized carbons (Fsp3) is 0.667. The van der Waals surface area contributed by atoms with E-state index in [1.165, 1.54) is 20.9 Å². The molecular weight excluding hydrogens is 316 g/mol. The van der Waals surface area contributed by atoms with Gasteiger partial charge in [-0.25, -0.2) is 0 Å². The molecule has 0 aliphatic carbocycles. The first kappa shape index (κ1) is 13.9. The first-order valence-electron chi connectivity index (χ1n) is 5.92. The average molecular weight is 335 g/mol. The molecule has 1 aliphatic rings. The van der Waals surface area contributed by atoms with Crippen molar-refractivity contribution in [2.45, 2.75) is 32.0 Å². The first-order chi connectivity index (χ1) is 8.09. The maximum absolute atomic E-state index is 6.21. The zero-order valence-corrected chi connectivity index (χ0v) is 13.4. The predicted molar refractivity (Wildman–Crippen MR) is 81.9 cm³/mol. The fourth-order valence-corrected chi connectivity index (χ4v) is 5.08. The third-order valence-corrected chi connectivity index (χ3v) is 6.11. The molecule has 2 nitrogen and oxygen atoms in total. The van der Waals surface area contributed by atoms with Crippen LogP contribution in [0.25, 0.3) is 0 Å². The van der Waals surface area contributed by atoms with Gasteiger partial charge in [0.2, 0.25) is 0 Å². The van der Waals surface area contributed by atoms with Crippen LogP contribution < -0.4 is 5.73 Å². The molecule has 0 saturated carbocycles. The highest BCUT2D eigenvalue weighted by molar-refractivity contribution is 9.10. The number of hydrogen-bond acceptors (Lipinski definition) is 4. The van der Waals surface area contributed by atoms with Gasteiger partial charge in [-0.1, -0.05) is 0 Å². The van der Waals surface area contributed by atoms with Gasteiger partial charge in [0.1, 0.15) is 0 Å². The van der Waals surface area contributed by atoms with Gasteiger partial charge in [0, 0.05) is 44.9 Å². The van der Waals surface area contributed by atoms with Crippen LogP contribution in [0.1, 0.15) is 24.8 Å². The van der Waals surface area contributed by atoms with Crippen LogP contribution in [0.15, 0.2) is 15.9 Å². The Morgan fingerprint density at radius 3 is 2.88 bits per heavy atom. The van der Waals surface area contributed by atoms with E-state index in [0.717, 1.165) is 6.54 Å². The van der Waals surface area contributed by atoms with Gasteiger partial charge in [0.25, 0.3) is 0 Å². The second-order valence-electron chi connectivity index (χ2n) is 4.63. The zero-order chi connectivity index (χ0) is 12.4. The van der Waals surface area contributed by atoms with Crippen molar-refractivity contribution < 1.29 is 0 Å². The molecule has 2 N–H and O–H groups in total. The summed E-state index contributed by atoms with van der Waals surface area (Å²) in [5, 5.41) is 2.15. The minimum Gasteiger partial charge on any atom is -0.326 e. The lowest BCUT2D eigenvalue weighted by molar-refractivity contribution is 0.146. The number of hydrogen-bond donors (Lipinski definition) is 1. The van der Waals surface area contributed by atoms with Crippen LogP contribution >= 0.6 is 39.0 Å². The lowest BCUT2D eigenvalue weighted by atomic mass is 10.1. The predicted octanol–water partition coefficient (Wildman–Crippen LogP) is 3.34. The van der Waals surface area contributed by atoms with Crippen LogP contribution in [-0.4, -0.2) is 35.0 Å². The van der Waals surface area contributed by atoms with Crippen molar-refractivity contribution in [1.29, 1.82) is 0 Å². The molecule has 17 heavy (non-hydrogen) atoms. The van der Waals surface area contributed by atoms with E-state index >= 15 is 0 Å². The second kappa shape index (κ2) is 6.06. The molecule has 1 aromatic rings. The molecule has 3 unspecified atom stereocenters. The molecule has 0 radical (unpaired) electrons. The molecular formula is C12H19BrN2S2. The van der Waals surface area contributed by atoms with Crippen molar-refractivity contribution >= 4 is 39.0 Å². The van der Waals surface area contributed by atoms with Gasteiger partial charge in [0.05, 0.1) is 6.04 Å². The Labute approximate surface area is 120 Å². The maximum atomic E-state index is 6.21.